The minimum atomic E-state index is -1.05. The van der Waals surface area contributed by atoms with Gasteiger partial charge in [-0.15, -0.1) is 11.3 Å². The number of carbonyl (C=O) groups is 3. The van der Waals surface area contributed by atoms with Gasteiger partial charge in [0.05, 0.1) is 17.7 Å². The number of anilines is 1. The normalized spacial score (nSPS) is 12.1. The monoisotopic (exact) mass is 481 g/mol. The Balaban J connectivity index is 2.02. The average molecular weight is 482 g/mol. The second kappa shape index (κ2) is 10.7. The summed E-state index contributed by atoms with van der Waals surface area (Å²) in [5.74, 6) is -0.788. The van der Waals surface area contributed by atoms with Crippen molar-refractivity contribution in [3.8, 4) is 0 Å². The van der Waals surface area contributed by atoms with Gasteiger partial charge >= 0.3 is 0 Å². The van der Waals surface area contributed by atoms with E-state index in [0.29, 0.717) is 22.7 Å². The van der Waals surface area contributed by atoms with Crippen molar-refractivity contribution in [3.63, 3.8) is 0 Å². The molecule has 3 amide bonds. The molecule has 1 atom stereocenters. The number of amides is 3. The fraction of sp³-hybridized carbons (Fsp3) is 0.346. The Morgan fingerprint density at radius 2 is 1.88 bits per heavy atom. The van der Waals surface area contributed by atoms with E-state index in [-0.39, 0.29) is 18.4 Å². The van der Waals surface area contributed by atoms with E-state index in [1.165, 1.54) is 22.5 Å². The average Bonchev–Trinajstić information content (AvgIpc) is 3.51. The first-order chi connectivity index (χ1) is 16.1. The van der Waals surface area contributed by atoms with Crippen molar-refractivity contribution < 1.29 is 18.8 Å². The number of furan rings is 1. The van der Waals surface area contributed by atoms with Crippen LogP contribution in [0.25, 0.3) is 0 Å². The summed E-state index contributed by atoms with van der Waals surface area (Å²) in [4.78, 5) is 41.7. The van der Waals surface area contributed by atoms with Gasteiger partial charge in [-0.3, -0.25) is 19.3 Å². The molecular weight excluding hydrogens is 450 g/mol. The number of benzene rings is 1. The van der Waals surface area contributed by atoms with Gasteiger partial charge in [0.1, 0.15) is 5.76 Å². The van der Waals surface area contributed by atoms with Gasteiger partial charge < -0.3 is 15.1 Å². The van der Waals surface area contributed by atoms with Crippen molar-refractivity contribution in [1.29, 1.82) is 0 Å². The van der Waals surface area contributed by atoms with E-state index in [1.807, 2.05) is 52.8 Å². The van der Waals surface area contributed by atoms with Crippen LogP contribution < -0.4 is 15.5 Å². The minimum Gasteiger partial charge on any atom is -0.467 e. The highest BCUT2D eigenvalue weighted by Crippen LogP contribution is 2.32. The Kier molecular flexibility index (Phi) is 7.94. The topological polar surface area (TPSA) is 91.7 Å². The van der Waals surface area contributed by atoms with Crippen LogP contribution in [0, 0.1) is 13.8 Å². The lowest BCUT2D eigenvalue weighted by Gasteiger charge is -2.34. The number of nitrogens with one attached hydrogen (secondary N) is 2. The predicted molar refractivity (Wildman–Crippen MR) is 134 cm³/mol. The molecule has 1 aromatic carbocycles. The van der Waals surface area contributed by atoms with Crippen LogP contribution in [0.4, 0.5) is 5.69 Å². The fourth-order valence-electron chi connectivity index (χ4n) is 3.44. The van der Waals surface area contributed by atoms with E-state index < -0.39 is 17.5 Å². The molecule has 0 bridgehead atoms. The molecule has 2 heterocycles. The van der Waals surface area contributed by atoms with E-state index in [4.69, 9.17) is 4.42 Å². The van der Waals surface area contributed by atoms with Gasteiger partial charge in [0.2, 0.25) is 5.91 Å². The molecule has 0 radical (unpaired) electrons. The van der Waals surface area contributed by atoms with Gasteiger partial charge in [0.15, 0.2) is 6.04 Å². The van der Waals surface area contributed by atoms with Crippen LogP contribution in [0.3, 0.4) is 0 Å². The fourth-order valence-corrected chi connectivity index (χ4v) is 4.08. The standard InChI is InChI=1S/C26H31N3O4S/c1-6-26(4,5)28-25(32)23(20-9-7-13-33-20)29(19-15-17(2)11-12-18(19)3)22(30)16-27-24(31)21-10-8-14-34-21/h7-15,23H,6,16H2,1-5H3,(H,27,31)(H,28,32)/t23-/m0/s1. The van der Waals surface area contributed by atoms with Crippen molar-refractivity contribution in [2.75, 3.05) is 11.4 Å². The smallest absolute Gasteiger partial charge is 0.261 e. The lowest BCUT2D eigenvalue weighted by atomic mass is 10.00. The highest BCUT2D eigenvalue weighted by molar-refractivity contribution is 7.12. The molecule has 0 saturated heterocycles. The molecule has 2 N–H and O–H groups in total. The molecule has 2 aromatic heterocycles. The van der Waals surface area contributed by atoms with Crippen LogP contribution in [0.1, 0.15) is 59.8 Å². The quantitative estimate of drug-likeness (QED) is 0.461. The molecule has 0 fully saturated rings. The lowest BCUT2D eigenvalue weighted by Crippen LogP contribution is -2.52. The van der Waals surface area contributed by atoms with E-state index >= 15 is 0 Å². The zero-order valence-corrected chi connectivity index (χ0v) is 21.0. The number of hydrogen-bond acceptors (Lipinski definition) is 5. The molecule has 0 saturated carbocycles. The Hall–Kier alpha value is -3.39. The van der Waals surface area contributed by atoms with E-state index in [1.54, 1.807) is 29.6 Å². The predicted octanol–water partition coefficient (Wildman–Crippen LogP) is 4.77. The third-order valence-electron chi connectivity index (χ3n) is 5.70. The Morgan fingerprint density at radius 3 is 2.50 bits per heavy atom. The Bertz CT molecular complexity index is 1140. The summed E-state index contributed by atoms with van der Waals surface area (Å²) in [5.41, 5.74) is 1.86. The third-order valence-corrected chi connectivity index (χ3v) is 6.57. The van der Waals surface area contributed by atoms with Crippen LogP contribution >= 0.6 is 11.3 Å². The molecule has 3 rings (SSSR count). The van der Waals surface area contributed by atoms with E-state index in [9.17, 15) is 14.4 Å². The third kappa shape index (κ3) is 5.94. The van der Waals surface area contributed by atoms with Crippen molar-refractivity contribution in [1.82, 2.24) is 10.6 Å². The van der Waals surface area contributed by atoms with Gasteiger partial charge in [-0.1, -0.05) is 25.1 Å². The summed E-state index contributed by atoms with van der Waals surface area (Å²) in [5, 5.41) is 7.53. The number of aryl methyl sites for hydroxylation is 2. The SMILES string of the molecule is CCC(C)(C)NC(=O)[C@H](c1ccco1)N(C(=O)CNC(=O)c1cccs1)c1cc(C)ccc1C. The zero-order chi connectivity index (χ0) is 24.9. The molecule has 7 nitrogen and oxygen atoms in total. The van der Waals surface area contributed by atoms with Gasteiger partial charge in [-0.05, 0) is 74.9 Å². The van der Waals surface area contributed by atoms with Crippen molar-refractivity contribution >= 4 is 34.7 Å². The van der Waals surface area contributed by atoms with Crippen LogP contribution in [-0.4, -0.2) is 29.8 Å². The molecule has 0 aliphatic carbocycles. The van der Waals surface area contributed by atoms with Crippen LogP contribution in [0.2, 0.25) is 0 Å². The summed E-state index contributed by atoms with van der Waals surface area (Å²) in [6.07, 6.45) is 2.18. The second-order valence-corrected chi connectivity index (χ2v) is 9.81. The summed E-state index contributed by atoms with van der Waals surface area (Å²) in [6.45, 7) is 9.37. The number of carbonyl (C=O) groups excluding carboxylic acids is 3. The maximum absolute atomic E-state index is 13.7. The largest absolute Gasteiger partial charge is 0.467 e. The highest BCUT2D eigenvalue weighted by Gasteiger charge is 2.37. The Labute approximate surface area is 204 Å². The second-order valence-electron chi connectivity index (χ2n) is 8.86. The molecule has 3 aromatic rings. The maximum Gasteiger partial charge on any atom is 0.261 e. The molecule has 0 aliphatic heterocycles. The van der Waals surface area contributed by atoms with Gasteiger partial charge in [-0.2, -0.15) is 0 Å². The summed E-state index contributed by atoms with van der Waals surface area (Å²) >= 11 is 1.29. The molecule has 180 valence electrons. The first-order valence-corrected chi connectivity index (χ1v) is 12.1. The summed E-state index contributed by atoms with van der Waals surface area (Å²) < 4.78 is 5.63. The minimum absolute atomic E-state index is 0.272. The Morgan fingerprint density at radius 1 is 1.12 bits per heavy atom. The van der Waals surface area contributed by atoms with E-state index in [0.717, 1.165) is 11.1 Å². The first-order valence-electron chi connectivity index (χ1n) is 11.2. The zero-order valence-electron chi connectivity index (χ0n) is 20.2. The van der Waals surface area contributed by atoms with Gasteiger partial charge in [0, 0.05) is 11.2 Å². The molecular formula is C26H31N3O4S. The molecule has 34 heavy (non-hydrogen) atoms. The van der Waals surface area contributed by atoms with Crippen molar-refractivity contribution in [2.24, 2.45) is 0 Å². The lowest BCUT2D eigenvalue weighted by molar-refractivity contribution is -0.128. The van der Waals surface area contributed by atoms with Gasteiger partial charge in [-0.25, -0.2) is 0 Å². The summed E-state index contributed by atoms with van der Waals surface area (Å²) in [7, 11) is 0. The molecule has 8 heteroatoms. The van der Waals surface area contributed by atoms with Crippen LogP contribution in [-0.2, 0) is 9.59 Å². The van der Waals surface area contributed by atoms with Crippen molar-refractivity contribution in [2.45, 2.75) is 52.6 Å². The van der Waals surface area contributed by atoms with Gasteiger partial charge in [0.25, 0.3) is 11.8 Å². The number of hydrogen-bond donors (Lipinski definition) is 2. The number of thiophene rings is 1. The van der Waals surface area contributed by atoms with E-state index in [2.05, 4.69) is 10.6 Å². The highest BCUT2D eigenvalue weighted by atomic mass is 32.1. The van der Waals surface area contributed by atoms with Crippen LogP contribution in [0.5, 0.6) is 0 Å². The maximum atomic E-state index is 13.7. The first kappa shape index (κ1) is 25.2. The van der Waals surface area contributed by atoms with Crippen LogP contribution in [0.15, 0.2) is 58.5 Å². The van der Waals surface area contributed by atoms with Crippen molar-refractivity contribution in [3.05, 3.63) is 75.9 Å². The molecule has 0 unspecified atom stereocenters. The molecule has 0 aliphatic rings. The molecule has 0 spiro atoms. The number of nitrogens with zero attached hydrogens (tertiary/aromatic N) is 1. The number of rotatable bonds is 9. The summed E-state index contributed by atoms with van der Waals surface area (Å²) in [6, 6.07) is 11.5.